The molecule has 0 radical (unpaired) electrons. The van der Waals surface area contributed by atoms with E-state index in [1.807, 2.05) is 6.07 Å². The lowest BCUT2D eigenvalue weighted by atomic mass is 10.1. The fraction of sp³-hybridized carbons (Fsp3) is 0.0909. The number of para-hydroxylation sites is 2. The van der Waals surface area contributed by atoms with E-state index >= 15 is 0 Å². The second-order valence-electron chi connectivity index (χ2n) is 7.13. The Morgan fingerprint density at radius 2 is 1.75 bits per heavy atom. The standard InChI is InChI=1S/C22H15N5O4S/c1-12-19(29)24-22-27(25-12)21(31)18(32-22)17-14-9-5-6-10-15(14)26(20(17)30)11-16(28)23-13-7-3-2-4-8-13/h2-10H,11H2,1H3,(H,23,28)/b18-17-. The average Bonchev–Trinajstić information content (AvgIpc) is 3.23. The number of benzene rings is 2. The molecule has 158 valence electrons. The molecule has 32 heavy (non-hydrogen) atoms. The number of hydrogen-bond acceptors (Lipinski definition) is 7. The Kier molecular flexibility index (Phi) is 4.63. The van der Waals surface area contributed by atoms with Gasteiger partial charge >= 0.3 is 0 Å². The molecule has 0 fully saturated rings. The van der Waals surface area contributed by atoms with Gasteiger partial charge in [0.05, 0.1) is 11.3 Å². The maximum atomic E-state index is 13.4. The zero-order valence-corrected chi connectivity index (χ0v) is 17.5. The third-order valence-electron chi connectivity index (χ3n) is 5.03. The molecule has 2 amide bonds. The van der Waals surface area contributed by atoms with Crippen LogP contribution >= 0.6 is 11.3 Å². The molecule has 0 atom stereocenters. The van der Waals surface area contributed by atoms with E-state index in [9.17, 15) is 19.2 Å². The number of nitrogens with one attached hydrogen (secondary N) is 1. The minimum Gasteiger partial charge on any atom is -0.325 e. The molecule has 2 aromatic carbocycles. The largest absolute Gasteiger partial charge is 0.325 e. The summed E-state index contributed by atoms with van der Waals surface area (Å²) in [6.45, 7) is 1.25. The Balaban J connectivity index is 1.62. The van der Waals surface area contributed by atoms with Crippen LogP contribution in [0.15, 0.2) is 64.2 Å². The number of amides is 2. The van der Waals surface area contributed by atoms with Gasteiger partial charge in [-0.2, -0.15) is 14.6 Å². The first-order valence-corrected chi connectivity index (χ1v) is 10.5. The van der Waals surface area contributed by atoms with Crippen LogP contribution in [0.3, 0.4) is 0 Å². The lowest BCUT2D eigenvalue weighted by molar-refractivity contribution is -0.118. The fourth-order valence-corrected chi connectivity index (χ4v) is 4.55. The lowest BCUT2D eigenvalue weighted by Crippen LogP contribution is -2.37. The molecular weight excluding hydrogens is 430 g/mol. The van der Waals surface area contributed by atoms with Crippen molar-refractivity contribution in [2.75, 3.05) is 16.8 Å². The number of hydrogen-bond donors (Lipinski definition) is 1. The fourth-order valence-electron chi connectivity index (χ4n) is 3.56. The van der Waals surface area contributed by atoms with Crippen molar-refractivity contribution in [1.82, 2.24) is 14.6 Å². The Hall–Kier alpha value is -4.18. The van der Waals surface area contributed by atoms with Crippen LogP contribution in [0.5, 0.6) is 0 Å². The summed E-state index contributed by atoms with van der Waals surface area (Å²) in [7, 11) is 0. The molecule has 0 unspecified atom stereocenters. The number of rotatable bonds is 3. The molecule has 2 aromatic heterocycles. The van der Waals surface area contributed by atoms with Gasteiger partial charge < -0.3 is 5.32 Å². The van der Waals surface area contributed by atoms with Crippen LogP contribution in [0, 0.1) is 6.92 Å². The van der Waals surface area contributed by atoms with E-state index in [2.05, 4.69) is 15.4 Å². The van der Waals surface area contributed by atoms with Gasteiger partial charge in [0.2, 0.25) is 10.9 Å². The molecule has 0 saturated carbocycles. The molecule has 0 bridgehead atoms. The first kappa shape index (κ1) is 19.8. The SMILES string of the molecule is Cc1nn2c(=O)/c(=C3/C(=O)N(CC(=O)Nc4ccccc4)c4ccccc43)sc2nc1=O. The molecule has 10 heteroatoms. The highest BCUT2D eigenvalue weighted by Crippen LogP contribution is 2.35. The molecule has 1 aliphatic heterocycles. The quantitative estimate of drug-likeness (QED) is 0.497. The van der Waals surface area contributed by atoms with Gasteiger partial charge in [0.1, 0.15) is 16.8 Å². The molecule has 1 N–H and O–H groups in total. The molecule has 0 saturated heterocycles. The van der Waals surface area contributed by atoms with Crippen molar-refractivity contribution in [2.45, 2.75) is 6.92 Å². The minimum atomic E-state index is -0.533. The zero-order valence-electron chi connectivity index (χ0n) is 16.7. The van der Waals surface area contributed by atoms with Gasteiger partial charge in [-0.1, -0.05) is 47.7 Å². The third-order valence-corrected chi connectivity index (χ3v) is 6.06. The summed E-state index contributed by atoms with van der Waals surface area (Å²) in [6.07, 6.45) is 0. The predicted octanol–water partition coefficient (Wildman–Crippen LogP) is 0.723. The second kappa shape index (κ2) is 7.50. The maximum absolute atomic E-state index is 13.4. The summed E-state index contributed by atoms with van der Waals surface area (Å²) >= 11 is 0.927. The summed E-state index contributed by atoms with van der Waals surface area (Å²) in [5.41, 5.74) is 0.874. The summed E-state index contributed by atoms with van der Waals surface area (Å²) in [5, 5.41) is 6.76. The number of aryl methyl sites for hydroxylation is 1. The van der Waals surface area contributed by atoms with Crippen molar-refractivity contribution in [3.05, 3.63) is 91.1 Å². The zero-order chi connectivity index (χ0) is 22.4. The topological polar surface area (TPSA) is 114 Å². The summed E-state index contributed by atoms with van der Waals surface area (Å²) in [6, 6.07) is 15.9. The van der Waals surface area contributed by atoms with Crippen LogP contribution in [-0.4, -0.2) is 33.0 Å². The smallest absolute Gasteiger partial charge is 0.295 e. The summed E-state index contributed by atoms with van der Waals surface area (Å²) in [5.74, 6) is -0.846. The number of aromatic nitrogens is 3. The van der Waals surface area contributed by atoms with E-state index in [0.717, 1.165) is 15.9 Å². The number of fused-ring (bicyclic) bond motifs is 2. The van der Waals surface area contributed by atoms with Crippen LogP contribution in [-0.2, 0) is 9.59 Å². The van der Waals surface area contributed by atoms with Gasteiger partial charge in [-0.05, 0) is 25.1 Å². The Morgan fingerprint density at radius 3 is 2.53 bits per heavy atom. The summed E-state index contributed by atoms with van der Waals surface area (Å²) in [4.78, 5) is 56.2. The minimum absolute atomic E-state index is 0.0892. The van der Waals surface area contributed by atoms with Gasteiger partial charge in [0, 0.05) is 11.3 Å². The molecule has 1 aliphatic rings. The number of thiazole rings is 1. The van der Waals surface area contributed by atoms with E-state index in [-0.39, 0.29) is 33.2 Å². The molecule has 5 rings (SSSR count). The van der Waals surface area contributed by atoms with Crippen molar-refractivity contribution in [3.8, 4) is 0 Å². The summed E-state index contributed by atoms with van der Waals surface area (Å²) < 4.78 is 1.16. The van der Waals surface area contributed by atoms with Crippen LogP contribution < -0.4 is 25.9 Å². The number of carbonyl (C=O) groups excluding carboxylic acids is 2. The molecule has 0 spiro atoms. The Morgan fingerprint density at radius 1 is 1.03 bits per heavy atom. The van der Waals surface area contributed by atoms with E-state index in [1.165, 1.54) is 11.8 Å². The molecule has 9 nitrogen and oxygen atoms in total. The number of nitrogens with zero attached hydrogens (tertiary/aromatic N) is 4. The molecule has 4 aromatic rings. The highest BCUT2D eigenvalue weighted by atomic mass is 32.1. The highest BCUT2D eigenvalue weighted by molar-refractivity contribution is 7.15. The number of anilines is 2. The van der Waals surface area contributed by atoms with Gasteiger partial charge in [0.25, 0.3) is 17.0 Å². The monoisotopic (exact) mass is 445 g/mol. The normalized spacial score (nSPS) is 14.7. The van der Waals surface area contributed by atoms with Gasteiger partial charge in [0.15, 0.2) is 0 Å². The second-order valence-corrected chi connectivity index (χ2v) is 8.11. The number of carbonyl (C=O) groups is 2. The maximum Gasteiger partial charge on any atom is 0.295 e. The van der Waals surface area contributed by atoms with Crippen molar-refractivity contribution < 1.29 is 9.59 Å². The Labute approximate surface area is 184 Å². The highest BCUT2D eigenvalue weighted by Gasteiger charge is 2.35. The molecule has 3 heterocycles. The van der Waals surface area contributed by atoms with Crippen LogP contribution in [0.25, 0.3) is 10.5 Å². The van der Waals surface area contributed by atoms with Crippen molar-refractivity contribution in [2.24, 2.45) is 0 Å². The van der Waals surface area contributed by atoms with Crippen molar-refractivity contribution in [1.29, 1.82) is 0 Å². The lowest BCUT2D eigenvalue weighted by Gasteiger charge is -2.16. The van der Waals surface area contributed by atoms with Crippen LogP contribution in [0.4, 0.5) is 11.4 Å². The predicted molar refractivity (Wildman–Crippen MR) is 120 cm³/mol. The van der Waals surface area contributed by atoms with E-state index in [0.29, 0.717) is 16.9 Å². The van der Waals surface area contributed by atoms with Gasteiger partial charge in [-0.3, -0.25) is 24.1 Å². The van der Waals surface area contributed by atoms with E-state index < -0.39 is 17.0 Å². The van der Waals surface area contributed by atoms with E-state index in [1.54, 1.807) is 48.5 Å². The first-order chi connectivity index (χ1) is 15.4. The van der Waals surface area contributed by atoms with Crippen LogP contribution in [0.1, 0.15) is 11.3 Å². The van der Waals surface area contributed by atoms with Crippen molar-refractivity contribution in [3.63, 3.8) is 0 Å². The molecular formula is C22H15N5O4S. The van der Waals surface area contributed by atoms with E-state index in [4.69, 9.17) is 0 Å². The Bertz CT molecular complexity index is 1580. The average molecular weight is 445 g/mol. The van der Waals surface area contributed by atoms with Gasteiger partial charge in [-0.15, -0.1) is 0 Å². The molecule has 0 aliphatic carbocycles. The van der Waals surface area contributed by atoms with Crippen LogP contribution in [0.2, 0.25) is 0 Å². The first-order valence-electron chi connectivity index (χ1n) is 9.65. The van der Waals surface area contributed by atoms with Crippen molar-refractivity contribution >= 4 is 45.1 Å². The van der Waals surface area contributed by atoms with Gasteiger partial charge in [-0.25, -0.2) is 0 Å². The third kappa shape index (κ3) is 3.17.